The first kappa shape index (κ1) is 12.0. The van der Waals surface area contributed by atoms with Crippen molar-refractivity contribution in [3.8, 4) is 0 Å². The fourth-order valence-corrected chi connectivity index (χ4v) is 2.04. The molecule has 2 amide bonds. The molecule has 94 valence electrons. The van der Waals surface area contributed by atoms with Crippen LogP contribution in [0, 0.1) is 0 Å². The Bertz CT molecular complexity index is 385. The zero-order valence-corrected chi connectivity index (χ0v) is 10.1. The number of carbonyl (C=O) groups is 2. The van der Waals surface area contributed by atoms with Crippen molar-refractivity contribution in [3.63, 3.8) is 0 Å². The molecule has 0 aromatic heterocycles. The number of rotatable bonds is 2. The van der Waals surface area contributed by atoms with E-state index in [-0.39, 0.29) is 11.8 Å². The zero-order chi connectivity index (χ0) is 12.6. The molecule has 1 fully saturated rings. The second-order valence-electron chi connectivity index (χ2n) is 4.70. The Morgan fingerprint density at radius 3 is 2.65 bits per heavy atom. The predicted molar refractivity (Wildman–Crippen MR) is 61.3 cm³/mol. The van der Waals surface area contributed by atoms with Crippen LogP contribution in [0.5, 0.6) is 0 Å². The number of nitrogens with zero attached hydrogens (tertiary/aromatic N) is 3. The van der Waals surface area contributed by atoms with Crippen LogP contribution < -0.4 is 0 Å². The standard InChI is InChI=1S/C11H17N3O3/c1-3-11(17)6-14(7-11)10(16)8-4-5-9(15)13(2)12-8/h17H,3-7H2,1-2H3. The molecule has 2 aliphatic heterocycles. The molecule has 0 unspecified atom stereocenters. The summed E-state index contributed by atoms with van der Waals surface area (Å²) in [6, 6.07) is 0. The molecule has 0 aromatic rings. The maximum atomic E-state index is 12.0. The average Bonchev–Trinajstić information content (AvgIpc) is 2.27. The van der Waals surface area contributed by atoms with E-state index in [1.54, 1.807) is 11.9 Å². The van der Waals surface area contributed by atoms with Crippen molar-refractivity contribution in [1.29, 1.82) is 0 Å². The second kappa shape index (κ2) is 4.10. The lowest BCUT2D eigenvalue weighted by atomic mass is 9.90. The maximum Gasteiger partial charge on any atom is 0.270 e. The van der Waals surface area contributed by atoms with Crippen molar-refractivity contribution in [2.75, 3.05) is 20.1 Å². The minimum Gasteiger partial charge on any atom is -0.386 e. The van der Waals surface area contributed by atoms with E-state index in [9.17, 15) is 14.7 Å². The topological polar surface area (TPSA) is 73.2 Å². The van der Waals surface area contributed by atoms with Gasteiger partial charge in [-0.25, -0.2) is 5.01 Å². The van der Waals surface area contributed by atoms with E-state index in [2.05, 4.69) is 5.10 Å². The summed E-state index contributed by atoms with van der Waals surface area (Å²) in [5.41, 5.74) is -0.322. The summed E-state index contributed by atoms with van der Waals surface area (Å²) in [7, 11) is 1.55. The highest BCUT2D eigenvalue weighted by molar-refractivity contribution is 6.39. The number of aliphatic hydroxyl groups is 1. The molecule has 0 spiro atoms. The molecule has 0 radical (unpaired) electrons. The summed E-state index contributed by atoms with van der Waals surface area (Å²) in [6.45, 7) is 2.62. The normalized spacial score (nSPS) is 23.2. The van der Waals surface area contributed by atoms with Gasteiger partial charge in [0.2, 0.25) is 5.91 Å². The SMILES string of the molecule is CCC1(O)CN(C(=O)C2=NN(C)C(=O)CC2)C1. The minimum atomic E-state index is -0.730. The number of hydrogen-bond donors (Lipinski definition) is 1. The molecule has 17 heavy (non-hydrogen) atoms. The highest BCUT2D eigenvalue weighted by Crippen LogP contribution is 2.25. The van der Waals surface area contributed by atoms with Crippen LogP contribution in [0.2, 0.25) is 0 Å². The summed E-state index contributed by atoms with van der Waals surface area (Å²) in [5, 5.41) is 15.0. The first-order valence-electron chi connectivity index (χ1n) is 5.81. The molecule has 1 N–H and O–H groups in total. The van der Waals surface area contributed by atoms with E-state index >= 15 is 0 Å². The van der Waals surface area contributed by atoms with E-state index in [1.165, 1.54) is 5.01 Å². The van der Waals surface area contributed by atoms with Gasteiger partial charge in [-0.2, -0.15) is 5.10 Å². The summed E-state index contributed by atoms with van der Waals surface area (Å²) in [5.74, 6) is -0.238. The van der Waals surface area contributed by atoms with Gasteiger partial charge < -0.3 is 10.0 Å². The van der Waals surface area contributed by atoms with Crippen molar-refractivity contribution in [3.05, 3.63) is 0 Å². The lowest BCUT2D eigenvalue weighted by Crippen LogP contribution is -2.64. The van der Waals surface area contributed by atoms with Crippen LogP contribution in [0.15, 0.2) is 5.10 Å². The number of likely N-dealkylation sites (tertiary alicyclic amines) is 1. The molecule has 0 bridgehead atoms. The summed E-state index contributed by atoms with van der Waals surface area (Å²) in [6.07, 6.45) is 1.36. The second-order valence-corrected chi connectivity index (χ2v) is 4.70. The molecule has 0 aliphatic carbocycles. The van der Waals surface area contributed by atoms with Crippen LogP contribution in [-0.2, 0) is 9.59 Å². The Kier molecular flexibility index (Phi) is 2.91. The van der Waals surface area contributed by atoms with Crippen molar-refractivity contribution >= 4 is 17.5 Å². The first-order valence-corrected chi connectivity index (χ1v) is 5.81. The van der Waals surface area contributed by atoms with E-state index < -0.39 is 5.60 Å². The minimum absolute atomic E-state index is 0.0739. The van der Waals surface area contributed by atoms with E-state index in [0.717, 1.165) is 0 Å². The predicted octanol–water partition coefficient (Wildman–Crippen LogP) is -0.422. The molecule has 2 heterocycles. The van der Waals surface area contributed by atoms with E-state index in [1.807, 2.05) is 6.92 Å². The number of β-amino-alcohol motifs (C(OH)–C–C–N with tert-alkyl or cyclic N) is 1. The lowest BCUT2D eigenvalue weighted by Gasteiger charge is -2.46. The third kappa shape index (κ3) is 2.17. The molecule has 0 saturated carbocycles. The molecule has 2 rings (SSSR count). The van der Waals surface area contributed by atoms with Crippen molar-refractivity contribution in [2.24, 2.45) is 5.10 Å². The lowest BCUT2D eigenvalue weighted by molar-refractivity contribution is -0.149. The number of hydrogen-bond acceptors (Lipinski definition) is 4. The number of carbonyl (C=O) groups excluding carboxylic acids is 2. The van der Waals surface area contributed by atoms with Gasteiger partial charge in [0.05, 0.1) is 18.7 Å². The van der Waals surface area contributed by atoms with Crippen LogP contribution in [0.1, 0.15) is 26.2 Å². The molecular weight excluding hydrogens is 222 g/mol. The first-order chi connectivity index (χ1) is 7.95. The summed E-state index contributed by atoms with van der Waals surface area (Å²) in [4.78, 5) is 24.8. The van der Waals surface area contributed by atoms with Crippen LogP contribution in [-0.4, -0.2) is 58.3 Å². The van der Waals surface area contributed by atoms with Gasteiger partial charge in [0.25, 0.3) is 5.91 Å². The van der Waals surface area contributed by atoms with Gasteiger partial charge in [0.15, 0.2) is 0 Å². The molecule has 0 atom stereocenters. The highest BCUT2D eigenvalue weighted by atomic mass is 16.3. The molecule has 6 heteroatoms. The number of hydrazone groups is 1. The molecular formula is C11H17N3O3. The molecule has 1 saturated heterocycles. The monoisotopic (exact) mass is 239 g/mol. The number of amides is 2. The van der Waals surface area contributed by atoms with Gasteiger partial charge >= 0.3 is 0 Å². The highest BCUT2D eigenvalue weighted by Gasteiger charge is 2.43. The molecule has 6 nitrogen and oxygen atoms in total. The smallest absolute Gasteiger partial charge is 0.270 e. The quantitative estimate of drug-likeness (QED) is 0.711. The Morgan fingerprint density at radius 1 is 1.47 bits per heavy atom. The van der Waals surface area contributed by atoms with Crippen molar-refractivity contribution < 1.29 is 14.7 Å². The fraction of sp³-hybridized carbons (Fsp3) is 0.727. The van der Waals surface area contributed by atoms with Crippen LogP contribution >= 0.6 is 0 Å². The van der Waals surface area contributed by atoms with Gasteiger partial charge in [0.1, 0.15) is 5.71 Å². The Hall–Kier alpha value is -1.43. The van der Waals surface area contributed by atoms with Gasteiger partial charge in [-0.3, -0.25) is 9.59 Å². The fourth-order valence-electron chi connectivity index (χ4n) is 2.04. The third-order valence-corrected chi connectivity index (χ3v) is 3.37. The Balaban J connectivity index is 1.99. The van der Waals surface area contributed by atoms with Crippen LogP contribution in [0.25, 0.3) is 0 Å². The van der Waals surface area contributed by atoms with Gasteiger partial charge in [-0.15, -0.1) is 0 Å². The van der Waals surface area contributed by atoms with Gasteiger partial charge in [-0.05, 0) is 6.42 Å². The van der Waals surface area contributed by atoms with E-state index in [4.69, 9.17) is 0 Å². The summed E-state index contributed by atoms with van der Waals surface area (Å²) >= 11 is 0. The summed E-state index contributed by atoms with van der Waals surface area (Å²) < 4.78 is 0. The van der Waals surface area contributed by atoms with Gasteiger partial charge in [0, 0.05) is 19.9 Å². The van der Waals surface area contributed by atoms with Gasteiger partial charge in [-0.1, -0.05) is 6.92 Å². The Morgan fingerprint density at radius 2 is 2.12 bits per heavy atom. The maximum absolute atomic E-state index is 12.0. The molecule has 2 aliphatic rings. The molecule has 0 aromatic carbocycles. The average molecular weight is 239 g/mol. The van der Waals surface area contributed by atoms with Crippen LogP contribution in [0.3, 0.4) is 0 Å². The van der Waals surface area contributed by atoms with E-state index in [0.29, 0.717) is 38.1 Å². The van der Waals surface area contributed by atoms with Crippen LogP contribution in [0.4, 0.5) is 0 Å². The van der Waals surface area contributed by atoms with Crippen molar-refractivity contribution in [2.45, 2.75) is 31.8 Å². The largest absolute Gasteiger partial charge is 0.386 e. The Labute approximate surface area is 99.9 Å². The third-order valence-electron chi connectivity index (χ3n) is 3.37. The zero-order valence-electron chi connectivity index (χ0n) is 10.1. The van der Waals surface area contributed by atoms with Crippen molar-refractivity contribution in [1.82, 2.24) is 9.91 Å².